The summed E-state index contributed by atoms with van der Waals surface area (Å²) >= 11 is 0. The summed E-state index contributed by atoms with van der Waals surface area (Å²) in [5.74, 6) is 3.60. The van der Waals surface area contributed by atoms with Crippen LogP contribution in [0.4, 0.5) is 0 Å². The number of benzene rings is 1. The topological polar surface area (TPSA) is 29.5 Å². The van der Waals surface area contributed by atoms with Crippen molar-refractivity contribution in [2.45, 2.75) is 58.8 Å². The van der Waals surface area contributed by atoms with Gasteiger partial charge < -0.3 is 9.64 Å². The number of rotatable bonds is 6. The number of para-hydroxylation sites is 1. The third kappa shape index (κ3) is 3.37. The predicted octanol–water partition coefficient (Wildman–Crippen LogP) is 5.15. The molecule has 2 unspecified atom stereocenters. The number of amides is 1. The van der Waals surface area contributed by atoms with Crippen LogP contribution in [0.2, 0.25) is 0 Å². The van der Waals surface area contributed by atoms with Crippen LogP contribution in [-0.2, 0) is 0 Å². The summed E-state index contributed by atoms with van der Waals surface area (Å²) in [5.41, 5.74) is 1.10. The number of hydrogen-bond donors (Lipinski definition) is 0. The van der Waals surface area contributed by atoms with E-state index in [0.29, 0.717) is 12.0 Å². The average Bonchev–Trinajstić information content (AvgIpc) is 2.85. The summed E-state index contributed by atoms with van der Waals surface area (Å²) in [5, 5.41) is 0. The quantitative estimate of drug-likeness (QED) is 0.706. The molecule has 0 saturated heterocycles. The fourth-order valence-corrected chi connectivity index (χ4v) is 6.39. The van der Waals surface area contributed by atoms with Crippen LogP contribution in [-0.4, -0.2) is 30.5 Å². The second-order valence-corrected chi connectivity index (χ2v) is 9.01. The fourth-order valence-electron chi connectivity index (χ4n) is 6.39. The molecule has 3 heteroatoms. The number of fused-ring (bicyclic) bond motifs is 1. The molecule has 142 valence electrons. The zero-order chi connectivity index (χ0) is 18.1. The molecule has 5 rings (SSSR count). The normalized spacial score (nSPS) is 32.3. The van der Waals surface area contributed by atoms with Crippen LogP contribution in [0.5, 0.6) is 5.75 Å². The van der Waals surface area contributed by atoms with E-state index in [9.17, 15) is 4.79 Å². The maximum Gasteiger partial charge on any atom is 0.257 e. The monoisotopic (exact) mass is 355 g/mol. The van der Waals surface area contributed by atoms with Crippen LogP contribution in [0.15, 0.2) is 24.3 Å². The Morgan fingerprint density at radius 2 is 1.73 bits per heavy atom. The molecular weight excluding hydrogens is 322 g/mol. The molecule has 4 aliphatic rings. The third-order valence-corrected chi connectivity index (χ3v) is 7.09. The molecule has 26 heavy (non-hydrogen) atoms. The van der Waals surface area contributed by atoms with Crippen molar-refractivity contribution in [2.24, 2.45) is 23.2 Å². The first-order valence-corrected chi connectivity index (χ1v) is 10.6. The number of carbonyl (C=O) groups is 1. The number of carbonyl (C=O) groups excluding carboxylic acids is 1. The minimum Gasteiger partial charge on any atom is -0.493 e. The van der Waals surface area contributed by atoms with Gasteiger partial charge in [-0.2, -0.15) is 0 Å². The smallest absolute Gasteiger partial charge is 0.257 e. The summed E-state index contributed by atoms with van der Waals surface area (Å²) in [6.45, 7) is 6.39. The zero-order valence-electron chi connectivity index (χ0n) is 16.4. The Morgan fingerprint density at radius 3 is 2.38 bits per heavy atom. The van der Waals surface area contributed by atoms with Crippen molar-refractivity contribution in [1.82, 2.24) is 4.90 Å². The largest absolute Gasteiger partial charge is 0.493 e. The number of ether oxygens (including phenoxy) is 1. The van der Waals surface area contributed by atoms with Gasteiger partial charge in [-0.3, -0.25) is 4.79 Å². The molecule has 4 bridgehead atoms. The Balaban J connectivity index is 1.55. The number of nitrogens with zero attached hydrogens (tertiary/aromatic N) is 1. The van der Waals surface area contributed by atoms with Crippen molar-refractivity contribution in [1.29, 1.82) is 0 Å². The summed E-state index contributed by atoms with van der Waals surface area (Å²) in [6.07, 6.45) is 9.79. The van der Waals surface area contributed by atoms with Crippen molar-refractivity contribution < 1.29 is 9.53 Å². The van der Waals surface area contributed by atoms with E-state index in [1.807, 2.05) is 31.2 Å². The van der Waals surface area contributed by atoms with E-state index in [-0.39, 0.29) is 5.91 Å². The summed E-state index contributed by atoms with van der Waals surface area (Å²) < 4.78 is 5.72. The van der Waals surface area contributed by atoms with Gasteiger partial charge in [0.05, 0.1) is 12.2 Å². The molecule has 0 heterocycles. The van der Waals surface area contributed by atoms with E-state index >= 15 is 0 Å². The molecule has 0 radical (unpaired) electrons. The van der Waals surface area contributed by atoms with Gasteiger partial charge in [0.15, 0.2) is 0 Å². The van der Waals surface area contributed by atoms with Crippen molar-refractivity contribution in [3.8, 4) is 5.75 Å². The second kappa shape index (κ2) is 7.25. The molecule has 0 spiro atoms. The van der Waals surface area contributed by atoms with Crippen LogP contribution in [0.3, 0.4) is 0 Å². The molecule has 4 fully saturated rings. The van der Waals surface area contributed by atoms with Crippen molar-refractivity contribution in [3.63, 3.8) is 0 Å². The summed E-state index contributed by atoms with van der Waals surface area (Å²) in [6, 6.07) is 7.73. The Hall–Kier alpha value is -1.51. The van der Waals surface area contributed by atoms with Crippen LogP contribution in [0, 0.1) is 23.2 Å². The summed E-state index contributed by atoms with van der Waals surface area (Å²) in [7, 11) is 0. The molecule has 0 N–H and O–H groups in total. The van der Waals surface area contributed by atoms with Gasteiger partial charge in [-0.1, -0.05) is 25.0 Å². The van der Waals surface area contributed by atoms with Crippen LogP contribution < -0.4 is 4.74 Å². The highest BCUT2D eigenvalue weighted by molar-refractivity contribution is 5.97. The lowest BCUT2D eigenvalue weighted by molar-refractivity contribution is 0.00563. The Labute approximate surface area is 158 Å². The van der Waals surface area contributed by atoms with E-state index in [1.54, 1.807) is 0 Å². The standard InChI is InChI=1S/C23H33NO2/c1-3-24(22(25)20-7-5-6-8-21(20)26-4-2)16-23-13-17-9-10-18(14-23)12-19(11-17)15-23/h5-8,17-19H,3-4,9-16H2,1-2H3. The van der Waals surface area contributed by atoms with Crippen LogP contribution in [0.25, 0.3) is 0 Å². The van der Waals surface area contributed by atoms with Gasteiger partial charge in [-0.05, 0) is 81.3 Å². The molecule has 0 aliphatic heterocycles. The first-order valence-electron chi connectivity index (χ1n) is 10.6. The van der Waals surface area contributed by atoms with Gasteiger partial charge in [0.25, 0.3) is 5.91 Å². The fraction of sp³-hybridized carbons (Fsp3) is 0.696. The molecule has 1 aromatic carbocycles. The van der Waals surface area contributed by atoms with Gasteiger partial charge in [-0.25, -0.2) is 0 Å². The molecule has 2 atom stereocenters. The maximum absolute atomic E-state index is 13.3. The Morgan fingerprint density at radius 1 is 1.08 bits per heavy atom. The van der Waals surface area contributed by atoms with E-state index in [1.165, 1.54) is 44.9 Å². The van der Waals surface area contributed by atoms with E-state index in [2.05, 4.69) is 11.8 Å². The number of hydrogen-bond acceptors (Lipinski definition) is 2. The predicted molar refractivity (Wildman–Crippen MR) is 104 cm³/mol. The first-order chi connectivity index (χ1) is 12.6. The van der Waals surface area contributed by atoms with E-state index in [4.69, 9.17) is 4.74 Å². The molecule has 3 nitrogen and oxygen atoms in total. The van der Waals surface area contributed by atoms with Crippen molar-refractivity contribution in [2.75, 3.05) is 19.7 Å². The van der Waals surface area contributed by atoms with Gasteiger partial charge in [0.1, 0.15) is 5.75 Å². The van der Waals surface area contributed by atoms with Crippen molar-refractivity contribution >= 4 is 5.91 Å². The Bertz CT molecular complexity index is 639. The highest BCUT2D eigenvalue weighted by Crippen LogP contribution is 2.58. The van der Waals surface area contributed by atoms with E-state index < -0.39 is 0 Å². The minimum absolute atomic E-state index is 0.144. The molecule has 4 saturated carbocycles. The molecule has 0 aromatic heterocycles. The van der Waals surface area contributed by atoms with Gasteiger partial charge in [0.2, 0.25) is 0 Å². The molecule has 4 aliphatic carbocycles. The van der Waals surface area contributed by atoms with Gasteiger partial charge in [0, 0.05) is 13.1 Å². The molecule has 1 amide bonds. The highest BCUT2D eigenvalue weighted by Gasteiger charge is 2.49. The molecular formula is C23H33NO2. The lowest BCUT2D eigenvalue weighted by atomic mass is 9.58. The highest BCUT2D eigenvalue weighted by atomic mass is 16.5. The van der Waals surface area contributed by atoms with E-state index in [0.717, 1.165) is 42.2 Å². The lowest BCUT2D eigenvalue weighted by Crippen LogP contribution is -2.47. The van der Waals surface area contributed by atoms with Crippen LogP contribution in [0.1, 0.15) is 69.2 Å². The Kier molecular flexibility index (Phi) is 4.98. The summed E-state index contributed by atoms with van der Waals surface area (Å²) in [4.78, 5) is 15.4. The van der Waals surface area contributed by atoms with Crippen LogP contribution >= 0.6 is 0 Å². The van der Waals surface area contributed by atoms with Crippen molar-refractivity contribution in [3.05, 3.63) is 29.8 Å². The first kappa shape index (κ1) is 17.9. The maximum atomic E-state index is 13.3. The average molecular weight is 356 g/mol. The second-order valence-electron chi connectivity index (χ2n) is 9.01. The lowest BCUT2D eigenvalue weighted by Gasteiger charge is -2.50. The third-order valence-electron chi connectivity index (χ3n) is 7.09. The zero-order valence-corrected chi connectivity index (χ0v) is 16.4. The minimum atomic E-state index is 0.144. The SMILES string of the molecule is CCOc1ccccc1C(=O)N(CC)CC12CC3CCC(CC(C3)C1)C2. The molecule has 1 aromatic rings. The van der Waals surface area contributed by atoms with Gasteiger partial charge in [-0.15, -0.1) is 0 Å². The van der Waals surface area contributed by atoms with Gasteiger partial charge >= 0.3 is 0 Å².